The van der Waals surface area contributed by atoms with Crippen LogP contribution in [0.2, 0.25) is 5.02 Å². The first-order valence-corrected chi connectivity index (χ1v) is 10.1. The highest BCUT2D eigenvalue weighted by molar-refractivity contribution is 7.99. The van der Waals surface area contributed by atoms with Crippen LogP contribution in [-0.4, -0.2) is 26.4 Å². The Kier molecular flexibility index (Phi) is 6.59. The molecule has 1 heterocycles. The molecule has 146 valence electrons. The molecule has 3 aromatic rings. The molecule has 8 heteroatoms. The highest BCUT2D eigenvalue weighted by Gasteiger charge is 2.18. The van der Waals surface area contributed by atoms with Crippen molar-refractivity contribution in [2.45, 2.75) is 25.1 Å². The lowest BCUT2D eigenvalue weighted by Crippen LogP contribution is -2.14. The van der Waals surface area contributed by atoms with Crippen LogP contribution < -0.4 is 10.1 Å². The van der Waals surface area contributed by atoms with Gasteiger partial charge in [0.15, 0.2) is 17.1 Å². The molecule has 0 spiro atoms. The molecule has 6 nitrogen and oxygen atoms in total. The topological polar surface area (TPSA) is 69.0 Å². The third kappa shape index (κ3) is 5.05. The Hall–Kier alpha value is -2.51. The zero-order valence-corrected chi connectivity index (χ0v) is 17.4. The summed E-state index contributed by atoms with van der Waals surface area (Å²) in [7, 11) is 1.85. The van der Waals surface area contributed by atoms with Crippen molar-refractivity contribution in [2.75, 3.05) is 11.1 Å². The summed E-state index contributed by atoms with van der Waals surface area (Å²) in [4.78, 5) is 12.2. The molecule has 0 radical (unpaired) electrons. The van der Waals surface area contributed by atoms with Crippen molar-refractivity contribution >= 4 is 35.0 Å². The van der Waals surface area contributed by atoms with Gasteiger partial charge in [-0.15, -0.1) is 10.2 Å². The molecule has 1 atom stereocenters. The highest BCUT2D eigenvalue weighted by Crippen LogP contribution is 2.29. The van der Waals surface area contributed by atoms with E-state index < -0.39 is 0 Å². The number of nitrogens with one attached hydrogen (secondary N) is 1. The third-order valence-electron chi connectivity index (χ3n) is 4.04. The number of hydrogen-bond acceptors (Lipinski definition) is 5. The molecule has 0 aliphatic rings. The maximum Gasteiger partial charge on any atom is 0.234 e. The van der Waals surface area contributed by atoms with E-state index in [2.05, 4.69) is 15.5 Å². The second-order valence-corrected chi connectivity index (χ2v) is 7.64. The van der Waals surface area contributed by atoms with E-state index in [1.807, 2.05) is 61.9 Å². The number of benzene rings is 2. The number of para-hydroxylation sites is 1. The summed E-state index contributed by atoms with van der Waals surface area (Å²) in [6.45, 7) is 3.88. The van der Waals surface area contributed by atoms with E-state index in [0.29, 0.717) is 21.8 Å². The first kappa shape index (κ1) is 20.2. The van der Waals surface area contributed by atoms with Crippen molar-refractivity contribution < 1.29 is 9.53 Å². The summed E-state index contributed by atoms with van der Waals surface area (Å²) in [5.74, 6) is 1.38. The highest BCUT2D eigenvalue weighted by atomic mass is 35.5. The van der Waals surface area contributed by atoms with E-state index >= 15 is 0 Å². The van der Waals surface area contributed by atoms with Gasteiger partial charge in [0, 0.05) is 12.7 Å². The van der Waals surface area contributed by atoms with Crippen molar-refractivity contribution in [1.29, 1.82) is 0 Å². The number of nitrogens with zero attached hydrogens (tertiary/aromatic N) is 3. The van der Waals surface area contributed by atoms with E-state index in [1.165, 1.54) is 11.8 Å². The summed E-state index contributed by atoms with van der Waals surface area (Å²) < 4.78 is 7.72. The van der Waals surface area contributed by atoms with E-state index in [0.717, 1.165) is 11.3 Å². The fourth-order valence-corrected chi connectivity index (χ4v) is 3.45. The summed E-state index contributed by atoms with van der Waals surface area (Å²) in [6, 6.07) is 15.0. The molecule has 0 bridgehead atoms. The van der Waals surface area contributed by atoms with Gasteiger partial charge < -0.3 is 14.6 Å². The van der Waals surface area contributed by atoms with E-state index in [-0.39, 0.29) is 17.8 Å². The number of aryl methyl sites for hydroxylation is 1. The zero-order valence-electron chi connectivity index (χ0n) is 15.8. The molecule has 0 aliphatic heterocycles. The van der Waals surface area contributed by atoms with Gasteiger partial charge in [-0.1, -0.05) is 53.2 Å². The Morgan fingerprint density at radius 1 is 1.21 bits per heavy atom. The fourth-order valence-electron chi connectivity index (χ4n) is 2.55. The second kappa shape index (κ2) is 9.12. The van der Waals surface area contributed by atoms with Crippen LogP contribution >= 0.6 is 23.4 Å². The molecule has 1 unspecified atom stereocenters. The number of halogens is 1. The van der Waals surface area contributed by atoms with Gasteiger partial charge in [-0.25, -0.2) is 0 Å². The van der Waals surface area contributed by atoms with Crippen molar-refractivity contribution in [3.63, 3.8) is 0 Å². The lowest BCUT2D eigenvalue weighted by molar-refractivity contribution is -0.113. The molecule has 1 amide bonds. The Morgan fingerprint density at radius 2 is 1.93 bits per heavy atom. The van der Waals surface area contributed by atoms with Crippen molar-refractivity contribution in [2.24, 2.45) is 7.05 Å². The number of carbonyl (C=O) groups excluding carboxylic acids is 1. The summed E-state index contributed by atoms with van der Waals surface area (Å²) in [5.41, 5.74) is 1.92. The monoisotopic (exact) mass is 416 g/mol. The minimum atomic E-state index is -0.340. The van der Waals surface area contributed by atoms with Crippen LogP contribution in [-0.2, 0) is 11.8 Å². The average molecular weight is 417 g/mol. The predicted molar refractivity (Wildman–Crippen MR) is 112 cm³/mol. The van der Waals surface area contributed by atoms with Gasteiger partial charge in [-0.2, -0.15) is 0 Å². The number of carbonyl (C=O) groups is 1. The smallest absolute Gasteiger partial charge is 0.234 e. The minimum Gasteiger partial charge on any atom is -0.481 e. The SMILES string of the molecule is Cc1ccc(NC(=O)CSc2nnc(C(C)Oc3ccccc3Cl)n2C)cc1. The van der Waals surface area contributed by atoms with Gasteiger partial charge in [-0.05, 0) is 38.1 Å². The molecule has 0 fully saturated rings. The number of aromatic nitrogens is 3. The third-order valence-corrected chi connectivity index (χ3v) is 5.37. The Bertz CT molecular complexity index is 959. The first-order valence-electron chi connectivity index (χ1n) is 8.74. The largest absolute Gasteiger partial charge is 0.481 e. The standard InChI is InChI=1S/C20H21ClN4O2S/c1-13-8-10-15(11-9-13)22-18(26)12-28-20-24-23-19(25(20)3)14(2)27-17-7-5-4-6-16(17)21/h4-11,14H,12H2,1-3H3,(H,22,26). The fraction of sp³-hybridized carbons (Fsp3) is 0.250. The van der Waals surface area contributed by atoms with Crippen LogP contribution in [0.5, 0.6) is 5.75 Å². The molecular weight excluding hydrogens is 396 g/mol. The molecule has 2 aromatic carbocycles. The van der Waals surface area contributed by atoms with Crippen LogP contribution in [0, 0.1) is 6.92 Å². The number of rotatable bonds is 7. The molecule has 1 N–H and O–H groups in total. The lowest BCUT2D eigenvalue weighted by Gasteiger charge is -2.15. The minimum absolute atomic E-state index is 0.0984. The van der Waals surface area contributed by atoms with E-state index in [4.69, 9.17) is 16.3 Å². The number of amides is 1. The number of thioether (sulfide) groups is 1. The van der Waals surface area contributed by atoms with Crippen LogP contribution in [0.1, 0.15) is 24.4 Å². The number of ether oxygens (including phenoxy) is 1. The molecule has 1 aromatic heterocycles. The average Bonchev–Trinajstić information content (AvgIpc) is 3.04. The van der Waals surface area contributed by atoms with Crippen molar-refractivity contribution in [3.8, 4) is 5.75 Å². The predicted octanol–water partition coefficient (Wildman–Crippen LogP) is 4.65. The molecule has 0 saturated carbocycles. The number of anilines is 1. The second-order valence-electron chi connectivity index (χ2n) is 6.29. The van der Waals surface area contributed by atoms with Gasteiger partial charge in [0.1, 0.15) is 5.75 Å². The van der Waals surface area contributed by atoms with Gasteiger partial charge in [0.05, 0.1) is 10.8 Å². The van der Waals surface area contributed by atoms with Gasteiger partial charge in [0.25, 0.3) is 0 Å². The van der Waals surface area contributed by atoms with Crippen molar-refractivity contribution in [1.82, 2.24) is 14.8 Å². The van der Waals surface area contributed by atoms with Crippen molar-refractivity contribution in [3.05, 3.63) is 64.9 Å². The quantitative estimate of drug-likeness (QED) is 0.568. The maximum absolute atomic E-state index is 12.2. The van der Waals surface area contributed by atoms with Crippen LogP contribution in [0.3, 0.4) is 0 Å². The van der Waals surface area contributed by atoms with E-state index in [1.54, 1.807) is 12.1 Å². The lowest BCUT2D eigenvalue weighted by atomic mass is 10.2. The molecule has 0 aliphatic carbocycles. The molecule has 0 saturated heterocycles. The Labute approximate surface area is 173 Å². The summed E-state index contributed by atoms with van der Waals surface area (Å²) >= 11 is 7.46. The molecule has 3 rings (SSSR count). The van der Waals surface area contributed by atoms with E-state index in [9.17, 15) is 4.79 Å². The van der Waals surface area contributed by atoms with Gasteiger partial charge >= 0.3 is 0 Å². The Balaban J connectivity index is 1.58. The molecular formula is C20H21ClN4O2S. The van der Waals surface area contributed by atoms with Gasteiger partial charge in [-0.3, -0.25) is 4.79 Å². The zero-order chi connectivity index (χ0) is 20.1. The first-order chi connectivity index (χ1) is 13.4. The summed E-state index contributed by atoms with van der Waals surface area (Å²) in [5, 5.41) is 12.4. The van der Waals surface area contributed by atoms with Crippen LogP contribution in [0.4, 0.5) is 5.69 Å². The number of hydrogen-bond donors (Lipinski definition) is 1. The maximum atomic E-state index is 12.2. The van der Waals surface area contributed by atoms with Crippen LogP contribution in [0.25, 0.3) is 0 Å². The summed E-state index contributed by atoms with van der Waals surface area (Å²) in [6.07, 6.45) is -0.340. The normalized spacial score (nSPS) is 11.9. The Morgan fingerprint density at radius 3 is 2.64 bits per heavy atom. The van der Waals surface area contributed by atoms with Gasteiger partial charge in [0.2, 0.25) is 5.91 Å². The molecule has 28 heavy (non-hydrogen) atoms. The van der Waals surface area contributed by atoms with Crippen LogP contribution in [0.15, 0.2) is 53.7 Å².